The average Bonchev–Trinajstić information content (AvgIpc) is 3.13. The maximum atomic E-state index is 6.15. The van der Waals surface area contributed by atoms with Gasteiger partial charge in [0, 0.05) is 25.0 Å². The molecular weight excluding hydrogens is 326 g/mol. The summed E-state index contributed by atoms with van der Waals surface area (Å²) >= 11 is 6.15. The number of fused-ring (bicyclic) bond motifs is 1. The zero-order chi connectivity index (χ0) is 16.7. The van der Waals surface area contributed by atoms with E-state index in [0.29, 0.717) is 23.1 Å². The molecule has 4 aromatic rings. The Morgan fingerprint density at radius 2 is 1.92 bits per heavy atom. The van der Waals surface area contributed by atoms with Gasteiger partial charge in [0.25, 0.3) is 0 Å². The van der Waals surface area contributed by atoms with Gasteiger partial charge in [-0.05, 0) is 31.5 Å². The lowest BCUT2D eigenvalue weighted by atomic mass is 10.2. The van der Waals surface area contributed by atoms with Crippen molar-refractivity contribution in [3.63, 3.8) is 0 Å². The molecule has 4 heterocycles. The molecule has 4 aromatic heterocycles. The quantitative estimate of drug-likeness (QED) is 0.620. The molecule has 24 heavy (non-hydrogen) atoms. The third kappa shape index (κ3) is 2.63. The van der Waals surface area contributed by atoms with Crippen LogP contribution in [0.3, 0.4) is 0 Å². The van der Waals surface area contributed by atoms with Gasteiger partial charge in [0.15, 0.2) is 5.82 Å². The van der Waals surface area contributed by atoms with Gasteiger partial charge >= 0.3 is 0 Å². The maximum absolute atomic E-state index is 6.15. The minimum Gasteiger partial charge on any atom is -0.295 e. The standard InChI is InChI=1S/C16H14ClN7/c1-9-18-6-11(7-19-9)5-13-14-4-3-12(17)8-24(14)16(21-13)15-20-10(2)22-23-15/h3-4,6-8H,5H2,1-2H3,(H,20,22,23). The number of H-pyrrole nitrogens is 1. The van der Waals surface area contributed by atoms with E-state index in [2.05, 4.69) is 25.1 Å². The summed E-state index contributed by atoms with van der Waals surface area (Å²) < 4.78 is 1.91. The fourth-order valence-corrected chi connectivity index (χ4v) is 2.72. The van der Waals surface area contributed by atoms with E-state index < -0.39 is 0 Å². The Balaban J connectivity index is 1.85. The molecule has 0 radical (unpaired) electrons. The van der Waals surface area contributed by atoms with Gasteiger partial charge in [-0.3, -0.25) is 9.50 Å². The summed E-state index contributed by atoms with van der Waals surface area (Å²) in [5.41, 5.74) is 2.85. The van der Waals surface area contributed by atoms with Crippen LogP contribution in [-0.4, -0.2) is 34.5 Å². The van der Waals surface area contributed by atoms with Crippen LogP contribution in [0.25, 0.3) is 17.2 Å². The molecule has 4 rings (SSSR count). The third-order valence-corrected chi connectivity index (χ3v) is 3.90. The van der Waals surface area contributed by atoms with Crippen LogP contribution < -0.4 is 0 Å². The Hall–Kier alpha value is -2.80. The molecule has 0 aliphatic carbocycles. The number of pyridine rings is 1. The molecule has 0 aromatic carbocycles. The SMILES string of the molecule is Cc1ncc(Cc2nc(-c3n[nH]c(C)n3)n3cc(Cl)ccc23)cn1. The van der Waals surface area contributed by atoms with Crippen LogP contribution >= 0.6 is 11.6 Å². The predicted octanol–water partition coefficient (Wildman–Crippen LogP) is 2.77. The molecule has 0 saturated carbocycles. The number of imidazole rings is 1. The first-order chi connectivity index (χ1) is 11.6. The number of nitrogens with one attached hydrogen (secondary N) is 1. The van der Waals surface area contributed by atoms with Crippen molar-refractivity contribution in [2.75, 3.05) is 0 Å². The molecular formula is C16H14ClN7. The van der Waals surface area contributed by atoms with Crippen LogP contribution in [0.4, 0.5) is 0 Å². The van der Waals surface area contributed by atoms with Crippen molar-refractivity contribution in [1.29, 1.82) is 0 Å². The third-order valence-electron chi connectivity index (χ3n) is 3.68. The van der Waals surface area contributed by atoms with Gasteiger partial charge in [-0.25, -0.2) is 19.9 Å². The molecule has 7 nitrogen and oxygen atoms in total. The van der Waals surface area contributed by atoms with Crippen molar-refractivity contribution in [2.24, 2.45) is 0 Å². The van der Waals surface area contributed by atoms with Gasteiger partial charge in [0.05, 0.1) is 16.2 Å². The number of aromatic amines is 1. The molecule has 0 fully saturated rings. The second-order valence-electron chi connectivity index (χ2n) is 5.54. The lowest BCUT2D eigenvalue weighted by molar-refractivity contribution is 0.991. The number of nitrogens with zero attached hydrogens (tertiary/aromatic N) is 6. The zero-order valence-corrected chi connectivity index (χ0v) is 13.9. The van der Waals surface area contributed by atoms with Gasteiger partial charge in [-0.2, -0.15) is 5.10 Å². The maximum Gasteiger partial charge on any atom is 0.217 e. The molecule has 0 unspecified atom stereocenters. The largest absolute Gasteiger partial charge is 0.295 e. The van der Waals surface area contributed by atoms with Gasteiger partial charge < -0.3 is 0 Å². The number of halogens is 1. The number of aromatic nitrogens is 7. The lowest BCUT2D eigenvalue weighted by Crippen LogP contribution is -1.94. The van der Waals surface area contributed by atoms with E-state index in [1.165, 1.54) is 0 Å². The summed E-state index contributed by atoms with van der Waals surface area (Å²) in [7, 11) is 0. The number of hydrogen-bond acceptors (Lipinski definition) is 5. The number of hydrogen-bond donors (Lipinski definition) is 1. The monoisotopic (exact) mass is 339 g/mol. The van der Waals surface area contributed by atoms with Crippen LogP contribution in [0.5, 0.6) is 0 Å². The van der Waals surface area contributed by atoms with Gasteiger partial charge in [-0.15, -0.1) is 0 Å². The summed E-state index contributed by atoms with van der Waals surface area (Å²) in [6.45, 7) is 3.71. The average molecular weight is 340 g/mol. The van der Waals surface area contributed by atoms with Crippen molar-refractivity contribution in [3.05, 3.63) is 58.7 Å². The van der Waals surface area contributed by atoms with Crippen molar-refractivity contribution in [2.45, 2.75) is 20.3 Å². The normalized spacial score (nSPS) is 11.3. The van der Waals surface area contributed by atoms with Crippen molar-refractivity contribution in [1.82, 2.24) is 34.5 Å². The Kier molecular flexibility index (Phi) is 3.50. The summed E-state index contributed by atoms with van der Waals surface area (Å²) in [6, 6.07) is 3.80. The summed E-state index contributed by atoms with van der Waals surface area (Å²) in [5.74, 6) is 2.67. The van der Waals surface area contributed by atoms with E-state index in [9.17, 15) is 0 Å². The van der Waals surface area contributed by atoms with Crippen LogP contribution in [-0.2, 0) is 6.42 Å². The van der Waals surface area contributed by atoms with Crippen LogP contribution in [0.15, 0.2) is 30.7 Å². The Bertz CT molecular complexity index is 1020. The highest BCUT2D eigenvalue weighted by Crippen LogP contribution is 2.24. The van der Waals surface area contributed by atoms with Crippen LogP contribution in [0, 0.1) is 13.8 Å². The molecule has 0 saturated heterocycles. The Morgan fingerprint density at radius 3 is 2.62 bits per heavy atom. The Labute approximate surface area is 142 Å². The minimum atomic E-state index is 0.538. The van der Waals surface area contributed by atoms with Gasteiger partial charge in [-0.1, -0.05) is 11.6 Å². The second-order valence-corrected chi connectivity index (χ2v) is 5.98. The molecule has 0 bridgehead atoms. The smallest absolute Gasteiger partial charge is 0.217 e. The van der Waals surface area contributed by atoms with E-state index in [1.54, 1.807) is 0 Å². The van der Waals surface area contributed by atoms with E-state index in [0.717, 1.165) is 28.4 Å². The first kappa shape index (κ1) is 14.8. The van der Waals surface area contributed by atoms with E-state index in [-0.39, 0.29) is 0 Å². The summed E-state index contributed by atoms with van der Waals surface area (Å²) in [6.07, 6.45) is 6.08. The van der Waals surface area contributed by atoms with Crippen LogP contribution in [0.2, 0.25) is 5.02 Å². The van der Waals surface area contributed by atoms with E-state index >= 15 is 0 Å². The number of rotatable bonds is 3. The highest BCUT2D eigenvalue weighted by atomic mass is 35.5. The second kappa shape index (κ2) is 5.68. The summed E-state index contributed by atoms with van der Waals surface area (Å²) in [4.78, 5) is 17.6. The predicted molar refractivity (Wildman–Crippen MR) is 89.9 cm³/mol. The van der Waals surface area contributed by atoms with E-state index in [1.807, 2.05) is 49.0 Å². The first-order valence-corrected chi connectivity index (χ1v) is 7.81. The van der Waals surface area contributed by atoms with E-state index in [4.69, 9.17) is 16.6 Å². The zero-order valence-electron chi connectivity index (χ0n) is 13.2. The highest BCUT2D eigenvalue weighted by Gasteiger charge is 2.16. The topological polar surface area (TPSA) is 84.6 Å². The lowest BCUT2D eigenvalue weighted by Gasteiger charge is -2.00. The number of aryl methyl sites for hydroxylation is 2. The first-order valence-electron chi connectivity index (χ1n) is 7.43. The molecule has 1 N–H and O–H groups in total. The van der Waals surface area contributed by atoms with Gasteiger partial charge in [0.2, 0.25) is 5.82 Å². The molecule has 8 heteroatoms. The molecule has 0 spiro atoms. The molecule has 0 aliphatic rings. The van der Waals surface area contributed by atoms with Crippen molar-refractivity contribution >= 4 is 17.1 Å². The van der Waals surface area contributed by atoms with Crippen molar-refractivity contribution in [3.8, 4) is 11.6 Å². The molecule has 120 valence electrons. The van der Waals surface area contributed by atoms with Crippen LogP contribution in [0.1, 0.15) is 22.9 Å². The highest BCUT2D eigenvalue weighted by molar-refractivity contribution is 6.30. The van der Waals surface area contributed by atoms with Crippen molar-refractivity contribution < 1.29 is 0 Å². The van der Waals surface area contributed by atoms with Gasteiger partial charge in [0.1, 0.15) is 11.6 Å². The molecule has 0 amide bonds. The fraction of sp³-hybridized carbons (Fsp3) is 0.188. The molecule has 0 aliphatic heterocycles. The summed E-state index contributed by atoms with van der Waals surface area (Å²) in [5, 5.41) is 7.68. The molecule has 0 atom stereocenters. The fourth-order valence-electron chi connectivity index (χ4n) is 2.56. The minimum absolute atomic E-state index is 0.538. The Morgan fingerprint density at radius 1 is 1.12 bits per heavy atom.